The van der Waals surface area contributed by atoms with Gasteiger partial charge in [-0.2, -0.15) is 0 Å². The molecule has 2 amide bonds. The summed E-state index contributed by atoms with van der Waals surface area (Å²) in [5.41, 5.74) is 1.56. The molecule has 0 saturated carbocycles. The number of rotatable bonds is 5. The number of amides is 2. The molecule has 0 bridgehead atoms. The van der Waals surface area contributed by atoms with Gasteiger partial charge >= 0.3 is 6.09 Å². The molecule has 7 nitrogen and oxygen atoms in total. The van der Waals surface area contributed by atoms with Crippen molar-refractivity contribution >= 4 is 12.0 Å². The third kappa shape index (κ3) is 4.42. The van der Waals surface area contributed by atoms with Crippen LogP contribution in [0, 0.1) is 0 Å². The molecule has 148 valence electrons. The number of hydrogen-bond acceptors (Lipinski definition) is 5. The van der Waals surface area contributed by atoms with Crippen molar-refractivity contribution in [2.24, 2.45) is 0 Å². The standard InChI is InChI=1S/C21H25N3O4/c1-3-28-21(26)24-14-12-23(13-15-24)20(25)19(18-6-4-5-11-22-18)16-7-9-17(27-2)10-8-16/h4-11,19H,3,12-15H2,1-2H3. The maximum atomic E-state index is 13.4. The van der Waals surface area contributed by atoms with Crippen LogP contribution in [0.15, 0.2) is 48.7 Å². The molecular weight excluding hydrogens is 358 g/mol. The van der Waals surface area contributed by atoms with Crippen LogP contribution in [0.3, 0.4) is 0 Å². The van der Waals surface area contributed by atoms with Gasteiger partial charge in [0.25, 0.3) is 0 Å². The van der Waals surface area contributed by atoms with E-state index in [1.807, 2.05) is 42.5 Å². The van der Waals surface area contributed by atoms with Gasteiger partial charge in [-0.1, -0.05) is 18.2 Å². The van der Waals surface area contributed by atoms with Crippen LogP contribution in [0.4, 0.5) is 4.79 Å². The zero-order valence-electron chi connectivity index (χ0n) is 16.2. The van der Waals surface area contributed by atoms with E-state index in [1.165, 1.54) is 0 Å². The second kappa shape index (κ2) is 9.21. The minimum Gasteiger partial charge on any atom is -0.497 e. The summed E-state index contributed by atoms with van der Waals surface area (Å²) in [6, 6.07) is 13.0. The summed E-state index contributed by atoms with van der Waals surface area (Å²) in [7, 11) is 1.61. The summed E-state index contributed by atoms with van der Waals surface area (Å²) in [5, 5.41) is 0. The topological polar surface area (TPSA) is 72.0 Å². The second-order valence-electron chi connectivity index (χ2n) is 6.47. The molecular formula is C21H25N3O4. The summed E-state index contributed by atoms with van der Waals surface area (Å²) in [4.78, 5) is 33.1. The van der Waals surface area contributed by atoms with E-state index < -0.39 is 5.92 Å². The zero-order valence-corrected chi connectivity index (χ0v) is 16.2. The van der Waals surface area contributed by atoms with Gasteiger partial charge in [-0.15, -0.1) is 0 Å². The molecule has 1 aromatic heterocycles. The molecule has 1 aromatic carbocycles. The lowest BCUT2D eigenvalue weighted by Crippen LogP contribution is -2.51. The number of nitrogens with zero attached hydrogens (tertiary/aromatic N) is 3. The quantitative estimate of drug-likeness (QED) is 0.793. The first-order chi connectivity index (χ1) is 13.6. The van der Waals surface area contributed by atoms with Crippen molar-refractivity contribution in [1.82, 2.24) is 14.8 Å². The van der Waals surface area contributed by atoms with Gasteiger partial charge in [0.15, 0.2) is 0 Å². The Bertz CT molecular complexity index is 787. The van der Waals surface area contributed by atoms with Crippen molar-refractivity contribution in [3.05, 3.63) is 59.9 Å². The van der Waals surface area contributed by atoms with Crippen LogP contribution >= 0.6 is 0 Å². The number of methoxy groups -OCH3 is 1. The molecule has 0 N–H and O–H groups in total. The highest BCUT2D eigenvalue weighted by Gasteiger charge is 2.32. The van der Waals surface area contributed by atoms with Crippen molar-refractivity contribution in [3.8, 4) is 5.75 Å². The van der Waals surface area contributed by atoms with E-state index in [2.05, 4.69) is 4.98 Å². The van der Waals surface area contributed by atoms with Crippen molar-refractivity contribution in [3.63, 3.8) is 0 Å². The Morgan fingerprint density at radius 2 is 1.71 bits per heavy atom. The normalized spacial score (nSPS) is 15.1. The highest BCUT2D eigenvalue weighted by molar-refractivity contribution is 5.87. The fraction of sp³-hybridized carbons (Fsp3) is 0.381. The summed E-state index contributed by atoms with van der Waals surface area (Å²) >= 11 is 0. The molecule has 1 unspecified atom stereocenters. The molecule has 1 aliphatic heterocycles. The van der Waals surface area contributed by atoms with Crippen LogP contribution in [-0.2, 0) is 9.53 Å². The number of aromatic nitrogens is 1. The highest BCUT2D eigenvalue weighted by atomic mass is 16.6. The van der Waals surface area contributed by atoms with Gasteiger partial charge in [0, 0.05) is 32.4 Å². The van der Waals surface area contributed by atoms with E-state index in [-0.39, 0.29) is 12.0 Å². The van der Waals surface area contributed by atoms with E-state index in [0.29, 0.717) is 38.5 Å². The molecule has 2 aromatic rings. The van der Waals surface area contributed by atoms with E-state index in [0.717, 1.165) is 11.3 Å². The van der Waals surface area contributed by atoms with Crippen LogP contribution in [0.25, 0.3) is 0 Å². The molecule has 0 radical (unpaired) electrons. The summed E-state index contributed by atoms with van der Waals surface area (Å²) in [6.07, 6.45) is 1.36. The van der Waals surface area contributed by atoms with Gasteiger partial charge in [-0.25, -0.2) is 4.79 Å². The molecule has 28 heavy (non-hydrogen) atoms. The molecule has 1 fully saturated rings. The highest BCUT2D eigenvalue weighted by Crippen LogP contribution is 2.27. The SMILES string of the molecule is CCOC(=O)N1CCN(C(=O)C(c2ccc(OC)cc2)c2ccccn2)CC1. The number of hydrogen-bond donors (Lipinski definition) is 0. The van der Waals surface area contributed by atoms with Crippen molar-refractivity contribution in [2.75, 3.05) is 39.9 Å². The number of ether oxygens (including phenoxy) is 2. The average Bonchev–Trinajstić information content (AvgIpc) is 2.75. The predicted octanol–water partition coefficient (Wildman–Crippen LogP) is 2.52. The number of benzene rings is 1. The number of pyridine rings is 1. The van der Waals surface area contributed by atoms with Gasteiger partial charge in [-0.05, 0) is 36.8 Å². The second-order valence-corrected chi connectivity index (χ2v) is 6.47. The fourth-order valence-corrected chi connectivity index (χ4v) is 3.29. The molecule has 3 rings (SSSR count). The summed E-state index contributed by atoms with van der Waals surface area (Å²) < 4.78 is 10.3. The predicted molar refractivity (Wildman–Crippen MR) is 104 cm³/mol. The fourth-order valence-electron chi connectivity index (χ4n) is 3.29. The van der Waals surface area contributed by atoms with Gasteiger partial charge in [0.05, 0.1) is 19.4 Å². The summed E-state index contributed by atoms with van der Waals surface area (Å²) in [6.45, 7) is 3.99. The van der Waals surface area contributed by atoms with Crippen LogP contribution in [0.1, 0.15) is 24.1 Å². The molecule has 7 heteroatoms. The van der Waals surface area contributed by atoms with E-state index >= 15 is 0 Å². The Morgan fingerprint density at radius 3 is 2.29 bits per heavy atom. The lowest BCUT2D eigenvalue weighted by Gasteiger charge is -2.35. The first-order valence-corrected chi connectivity index (χ1v) is 9.39. The largest absolute Gasteiger partial charge is 0.497 e. The van der Waals surface area contributed by atoms with E-state index in [9.17, 15) is 9.59 Å². The lowest BCUT2D eigenvalue weighted by molar-refractivity contribution is -0.133. The van der Waals surface area contributed by atoms with Crippen LogP contribution in [0.5, 0.6) is 5.75 Å². The maximum Gasteiger partial charge on any atom is 0.409 e. The van der Waals surface area contributed by atoms with Gasteiger partial charge < -0.3 is 19.3 Å². The minimum atomic E-state index is -0.499. The molecule has 1 aliphatic rings. The third-order valence-corrected chi connectivity index (χ3v) is 4.80. The summed E-state index contributed by atoms with van der Waals surface area (Å²) in [5.74, 6) is 0.215. The Kier molecular flexibility index (Phi) is 6.47. The van der Waals surface area contributed by atoms with Crippen molar-refractivity contribution in [1.29, 1.82) is 0 Å². The van der Waals surface area contributed by atoms with Crippen LogP contribution < -0.4 is 4.74 Å². The Labute approximate surface area is 164 Å². The lowest BCUT2D eigenvalue weighted by atomic mass is 9.93. The van der Waals surface area contributed by atoms with Crippen LogP contribution in [-0.4, -0.2) is 66.7 Å². The molecule has 1 saturated heterocycles. The molecule has 0 spiro atoms. The molecule has 1 atom stereocenters. The number of carbonyl (C=O) groups excluding carboxylic acids is 2. The Hall–Kier alpha value is -3.09. The Balaban J connectivity index is 1.79. The van der Waals surface area contributed by atoms with E-state index in [1.54, 1.807) is 30.0 Å². The van der Waals surface area contributed by atoms with Crippen molar-refractivity contribution < 1.29 is 19.1 Å². The maximum absolute atomic E-state index is 13.4. The molecule has 2 heterocycles. The third-order valence-electron chi connectivity index (χ3n) is 4.80. The van der Waals surface area contributed by atoms with Gasteiger partial charge in [0.1, 0.15) is 11.7 Å². The number of piperazine rings is 1. The zero-order chi connectivity index (χ0) is 19.9. The molecule has 0 aliphatic carbocycles. The van der Waals surface area contributed by atoms with Crippen molar-refractivity contribution in [2.45, 2.75) is 12.8 Å². The van der Waals surface area contributed by atoms with Crippen LogP contribution in [0.2, 0.25) is 0 Å². The number of carbonyl (C=O) groups is 2. The average molecular weight is 383 g/mol. The van der Waals surface area contributed by atoms with E-state index in [4.69, 9.17) is 9.47 Å². The van der Waals surface area contributed by atoms with Gasteiger partial charge in [-0.3, -0.25) is 9.78 Å². The minimum absolute atomic E-state index is 0.0209. The van der Waals surface area contributed by atoms with Gasteiger partial charge in [0.2, 0.25) is 5.91 Å². The first-order valence-electron chi connectivity index (χ1n) is 9.39. The monoisotopic (exact) mass is 383 g/mol. The Morgan fingerprint density at radius 1 is 1.04 bits per heavy atom. The first kappa shape index (κ1) is 19.7. The smallest absolute Gasteiger partial charge is 0.409 e.